The average Bonchev–Trinajstić information content (AvgIpc) is 1.65. The number of likely N-dealkylation sites (N-methyl/N-ethyl adjacent to an activating group) is 1. The molecule has 0 aromatic carbocycles. The molecule has 52 valence electrons. The van der Waals surface area contributed by atoms with E-state index >= 15 is 0 Å². The molecule has 0 spiro atoms. The third-order valence-corrected chi connectivity index (χ3v) is 1.13. The summed E-state index contributed by atoms with van der Waals surface area (Å²) in [5.41, 5.74) is 0. The van der Waals surface area contributed by atoms with Crippen molar-refractivity contribution >= 4 is 0 Å². The Morgan fingerprint density at radius 1 is 1.44 bits per heavy atom. The highest BCUT2D eigenvalue weighted by molar-refractivity contribution is 5.02. The van der Waals surface area contributed by atoms with E-state index in [0.29, 0.717) is 6.54 Å². The Kier molecular flexibility index (Phi) is 2.58. The van der Waals surface area contributed by atoms with E-state index in [1.807, 2.05) is 18.2 Å². The summed E-state index contributed by atoms with van der Waals surface area (Å²) in [5.74, 6) is 0. The van der Waals surface area contributed by atoms with Crippen molar-refractivity contribution in [1.29, 1.82) is 0 Å². The van der Waals surface area contributed by atoms with E-state index in [9.17, 15) is 5.21 Å². The van der Waals surface area contributed by atoms with Gasteiger partial charge in [-0.15, -0.1) is 0 Å². The first-order valence-corrected chi connectivity index (χ1v) is 2.63. The van der Waals surface area contributed by atoms with Crippen LogP contribution < -0.4 is 0 Å². The summed E-state index contributed by atoms with van der Waals surface area (Å²) in [4.78, 5) is 0. The minimum Gasteiger partial charge on any atom is -0.870 e. The molecule has 3 nitrogen and oxygen atoms in total. The lowest BCUT2D eigenvalue weighted by molar-refractivity contribution is -1.04. The van der Waals surface area contributed by atoms with Crippen LogP contribution >= 0.6 is 0 Å². The lowest BCUT2D eigenvalue weighted by Gasteiger charge is -2.19. The minimum atomic E-state index is -0.0174. The van der Waals surface area contributed by atoms with Crippen LogP contribution in [-0.2, 0) is 0 Å². The van der Waals surface area contributed by atoms with Gasteiger partial charge in [-0.25, -0.2) is 5.21 Å². The fourth-order valence-corrected chi connectivity index (χ4v) is 0.649. The van der Waals surface area contributed by atoms with Crippen molar-refractivity contribution in [1.82, 2.24) is 0 Å². The van der Waals surface area contributed by atoms with Crippen LogP contribution in [0, 0.1) is 0 Å². The van der Waals surface area contributed by atoms with E-state index in [1.54, 1.807) is 13.2 Å². The standard InChI is InChI=1S/C6H10NO.H2O/c1-7(8)5-3-2-4-6-7;/h2-5,8H,6H2,1H3;1H2/q+1;/p-1. The van der Waals surface area contributed by atoms with E-state index in [-0.39, 0.29) is 10.1 Å². The molecule has 1 aliphatic rings. The summed E-state index contributed by atoms with van der Waals surface area (Å²) < 4.78 is -0.0174. The number of hydrogen-bond donors (Lipinski definition) is 1. The zero-order chi connectivity index (χ0) is 6.04. The van der Waals surface area contributed by atoms with Crippen LogP contribution in [0.2, 0.25) is 0 Å². The van der Waals surface area contributed by atoms with Gasteiger partial charge in [0, 0.05) is 0 Å². The Balaban J connectivity index is 0.000000640. The second kappa shape index (κ2) is 2.77. The average molecular weight is 129 g/mol. The van der Waals surface area contributed by atoms with Gasteiger partial charge >= 0.3 is 0 Å². The molecule has 0 saturated heterocycles. The number of nitrogens with zero attached hydrogens (tertiary/aromatic N) is 1. The van der Waals surface area contributed by atoms with Crippen LogP contribution in [0.4, 0.5) is 0 Å². The number of rotatable bonds is 0. The van der Waals surface area contributed by atoms with Crippen LogP contribution in [0.25, 0.3) is 0 Å². The van der Waals surface area contributed by atoms with Crippen molar-refractivity contribution in [2.24, 2.45) is 0 Å². The predicted octanol–water partition coefficient (Wildman–Crippen LogP) is 0.729. The Bertz CT molecular complexity index is 138. The third kappa shape index (κ3) is 2.41. The van der Waals surface area contributed by atoms with Crippen molar-refractivity contribution in [3.63, 3.8) is 0 Å². The van der Waals surface area contributed by atoms with Gasteiger partial charge in [-0.05, 0) is 12.2 Å². The monoisotopic (exact) mass is 129 g/mol. The molecule has 0 aliphatic carbocycles. The molecule has 1 aliphatic heterocycles. The highest BCUT2D eigenvalue weighted by Crippen LogP contribution is 2.02. The first-order valence-electron chi connectivity index (χ1n) is 2.63. The minimum absolute atomic E-state index is 0. The molecule has 1 atom stereocenters. The molecule has 0 aromatic rings. The summed E-state index contributed by atoms with van der Waals surface area (Å²) in [5, 5.41) is 9.17. The second-order valence-corrected chi connectivity index (χ2v) is 2.17. The molecular formula is C6H11NO2. The van der Waals surface area contributed by atoms with Crippen molar-refractivity contribution in [3.8, 4) is 0 Å². The van der Waals surface area contributed by atoms with Crippen LogP contribution in [0.5, 0.6) is 0 Å². The maximum atomic E-state index is 9.17. The van der Waals surface area contributed by atoms with E-state index in [0.717, 1.165) is 0 Å². The highest BCUT2D eigenvalue weighted by Gasteiger charge is 2.12. The van der Waals surface area contributed by atoms with E-state index in [2.05, 4.69) is 0 Å². The molecule has 0 bridgehead atoms. The molecule has 3 heteroatoms. The van der Waals surface area contributed by atoms with Gasteiger partial charge in [-0.1, -0.05) is 6.08 Å². The Hall–Kier alpha value is -0.640. The molecule has 9 heavy (non-hydrogen) atoms. The smallest absolute Gasteiger partial charge is 0.132 e. The van der Waals surface area contributed by atoms with Gasteiger partial charge in [-0.2, -0.15) is 4.65 Å². The van der Waals surface area contributed by atoms with Gasteiger partial charge in [0.2, 0.25) is 0 Å². The zero-order valence-electron chi connectivity index (χ0n) is 5.36. The number of quaternary nitrogens is 1. The molecule has 2 N–H and O–H groups in total. The third-order valence-electron chi connectivity index (χ3n) is 1.13. The summed E-state index contributed by atoms with van der Waals surface area (Å²) in [6.45, 7) is 0.677. The SMILES string of the molecule is C[N+]1(O)C=CC=CC1.[OH-]. The fraction of sp³-hybridized carbons (Fsp3) is 0.333. The summed E-state index contributed by atoms with van der Waals surface area (Å²) in [6.07, 6.45) is 7.43. The van der Waals surface area contributed by atoms with Crippen LogP contribution in [-0.4, -0.2) is 28.9 Å². The highest BCUT2D eigenvalue weighted by atomic mass is 16.5. The molecule has 0 fully saturated rings. The fourth-order valence-electron chi connectivity index (χ4n) is 0.649. The van der Waals surface area contributed by atoms with Gasteiger partial charge in [-0.3, -0.25) is 0 Å². The summed E-state index contributed by atoms with van der Waals surface area (Å²) in [7, 11) is 1.74. The Morgan fingerprint density at radius 3 is 2.33 bits per heavy atom. The molecule has 0 saturated carbocycles. The topological polar surface area (TPSA) is 50.2 Å². The summed E-state index contributed by atoms with van der Waals surface area (Å²) >= 11 is 0. The number of allylic oxidation sites excluding steroid dienone is 2. The van der Waals surface area contributed by atoms with E-state index < -0.39 is 0 Å². The molecule has 1 unspecified atom stereocenters. The van der Waals surface area contributed by atoms with Crippen LogP contribution in [0.1, 0.15) is 0 Å². The normalized spacial score (nSPS) is 31.8. The predicted molar refractivity (Wildman–Crippen MR) is 33.1 cm³/mol. The van der Waals surface area contributed by atoms with E-state index in [1.165, 1.54) is 0 Å². The van der Waals surface area contributed by atoms with Gasteiger partial charge in [0.15, 0.2) is 0 Å². The first kappa shape index (κ1) is 8.36. The van der Waals surface area contributed by atoms with Crippen molar-refractivity contribution in [3.05, 3.63) is 24.4 Å². The quantitative estimate of drug-likeness (QED) is 0.490. The van der Waals surface area contributed by atoms with Gasteiger partial charge in [0.25, 0.3) is 0 Å². The number of hydroxylamine groups is 3. The first-order chi connectivity index (χ1) is 3.71. The zero-order valence-corrected chi connectivity index (χ0v) is 5.36. The molecule has 1 heterocycles. The molecular weight excluding hydrogens is 118 g/mol. The molecule has 0 radical (unpaired) electrons. The lowest BCUT2D eigenvalue weighted by atomic mass is 10.4. The number of hydrogen-bond acceptors (Lipinski definition) is 2. The van der Waals surface area contributed by atoms with Gasteiger partial charge in [0.05, 0.1) is 0 Å². The Morgan fingerprint density at radius 2 is 2.11 bits per heavy atom. The molecule has 1 rings (SSSR count). The van der Waals surface area contributed by atoms with Crippen LogP contribution in [0.3, 0.4) is 0 Å². The second-order valence-electron chi connectivity index (χ2n) is 2.17. The van der Waals surface area contributed by atoms with Crippen molar-refractivity contribution < 1.29 is 15.3 Å². The van der Waals surface area contributed by atoms with Crippen molar-refractivity contribution in [2.75, 3.05) is 13.6 Å². The summed E-state index contributed by atoms with van der Waals surface area (Å²) in [6, 6.07) is 0. The molecule has 0 amide bonds. The lowest BCUT2D eigenvalue weighted by Crippen LogP contribution is -2.34. The van der Waals surface area contributed by atoms with Gasteiger partial charge < -0.3 is 5.48 Å². The molecule has 0 aromatic heterocycles. The van der Waals surface area contributed by atoms with E-state index in [4.69, 9.17) is 0 Å². The largest absolute Gasteiger partial charge is 0.870 e. The van der Waals surface area contributed by atoms with Crippen molar-refractivity contribution in [2.45, 2.75) is 0 Å². The maximum absolute atomic E-state index is 9.17. The maximum Gasteiger partial charge on any atom is 0.132 e. The van der Waals surface area contributed by atoms with Crippen LogP contribution in [0.15, 0.2) is 24.4 Å². The Labute approximate surface area is 54.4 Å². The van der Waals surface area contributed by atoms with Gasteiger partial charge in [0.1, 0.15) is 19.8 Å².